The molecule has 0 bridgehead atoms. The highest BCUT2D eigenvalue weighted by molar-refractivity contribution is 5.92. The largest absolute Gasteiger partial charge is 0.340 e. The second-order valence-corrected chi connectivity index (χ2v) is 6.64. The quantitative estimate of drug-likeness (QED) is 0.844. The van der Waals surface area contributed by atoms with Crippen molar-refractivity contribution in [3.63, 3.8) is 0 Å². The second kappa shape index (κ2) is 6.63. The first-order valence-electron chi connectivity index (χ1n) is 8.94. The lowest BCUT2D eigenvalue weighted by Gasteiger charge is -2.21. The number of likely N-dealkylation sites (tertiary alicyclic amines) is 1. The third-order valence-electron chi connectivity index (χ3n) is 5.06. The summed E-state index contributed by atoms with van der Waals surface area (Å²) in [5.74, 6) is 0.0743. The second-order valence-electron chi connectivity index (χ2n) is 6.64. The first kappa shape index (κ1) is 15.2. The van der Waals surface area contributed by atoms with E-state index in [-0.39, 0.29) is 5.91 Å². The number of hydrogen-bond acceptors (Lipinski definition) is 3. The summed E-state index contributed by atoms with van der Waals surface area (Å²) in [6, 6.07) is 12.4. The zero-order valence-electron chi connectivity index (χ0n) is 13.9. The van der Waals surface area contributed by atoms with Gasteiger partial charge in [-0.3, -0.25) is 4.79 Å². The first-order chi connectivity index (χ1) is 11.8. The molecule has 1 aromatic carbocycles. The topological polar surface area (TPSA) is 36.4 Å². The van der Waals surface area contributed by atoms with Crippen LogP contribution >= 0.6 is 0 Å². The minimum absolute atomic E-state index is 0.0743. The summed E-state index contributed by atoms with van der Waals surface area (Å²) < 4.78 is 0. The van der Waals surface area contributed by atoms with Gasteiger partial charge in [-0.2, -0.15) is 0 Å². The maximum atomic E-state index is 12.6. The molecule has 2 aromatic rings. The van der Waals surface area contributed by atoms with Crippen molar-refractivity contribution in [1.82, 2.24) is 9.88 Å². The van der Waals surface area contributed by atoms with E-state index in [0.29, 0.717) is 5.69 Å². The Balaban J connectivity index is 1.52. The van der Waals surface area contributed by atoms with E-state index >= 15 is 0 Å². The highest BCUT2D eigenvalue weighted by atomic mass is 16.2. The van der Waals surface area contributed by atoms with Gasteiger partial charge in [0.15, 0.2) is 0 Å². The van der Waals surface area contributed by atoms with Gasteiger partial charge < -0.3 is 9.80 Å². The monoisotopic (exact) mass is 321 g/mol. The van der Waals surface area contributed by atoms with E-state index in [2.05, 4.69) is 34.1 Å². The van der Waals surface area contributed by atoms with E-state index in [9.17, 15) is 4.79 Å². The lowest BCUT2D eigenvalue weighted by molar-refractivity contribution is 0.0756. The van der Waals surface area contributed by atoms with Crippen LogP contribution < -0.4 is 4.90 Å². The maximum absolute atomic E-state index is 12.6. The molecule has 4 rings (SSSR count). The zero-order valence-corrected chi connectivity index (χ0v) is 13.9. The van der Waals surface area contributed by atoms with Gasteiger partial charge in [-0.05, 0) is 43.0 Å². The van der Waals surface area contributed by atoms with Crippen LogP contribution in [0.5, 0.6) is 0 Å². The third-order valence-corrected chi connectivity index (χ3v) is 5.06. The average molecular weight is 321 g/mol. The summed E-state index contributed by atoms with van der Waals surface area (Å²) in [5, 5.41) is 0. The molecule has 0 atom stereocenters. The Morgan fingerprint density at radius 2 is 1.71 bits per heavy atom. The maximum Gasteiger partial charge on any atom is 0.272 e. The number of fused-ring (bicyclic) bond motifs is 1. The summed E-state index contributed by atoms with van der Waals surface area (Å²) in [5.41, 5.74) is 4.26. The Kier molecular flexibility index (Phi) is 4.20. The molecule has 3 heterocycles. The molecule has 4 heteroatoms. The molecule has 0 spiro atoms. The molecule has 124 valence electrons. The fourth-order valence-corrected chi connectivity index (χ4v) is 3.71. The third kappa shape index (κ3) is 2.88. The fraction of sp³-hybridized carbons (Fsp3) is 0.400. The van der Waals surface area contributed by atoms with Crippen molar-refractivity contribution < 1.29 is 4.79 Å². The summed E-state index contributed by atoms with van der Waals surface area (Å²) >= 11 is 0. The molecule has 0 radical (unpaired) electrons. The molecule has 0 unspecified atom stereocenters. The number of anilines is 2. The van der Waals surface area contributed by atoms with Gasteiger partial charge in [0, 0.05) is 25.3 Å². The van der Waals surface area contributed by atoms with Crippen LogP contribution in [0.15, 0.2) is 42.6 Å². The predicted molar refractivity (Wildman–Crippen MR) is 95.8 cm³/mol. The number of carbonyl (C=O) groups is 1. The van der Waals surface area contributed by atoms with Crippen LogP contribution in [0.2, 0.25) is 0 Å². The van der Waals surface area contributed by atoms with Crippen molar-refractivity contribution in [1.29, 1.82) is 0 Å². The van der Waals surface area contributed by atoms with E-state index in [1.165, 1.54) is 24.1 Å². The summed E-state index contributed by atoms with van der Waals surface area (Å²) in [6.45, 7) is 2.70. The van der Waals surface area contributed by atoms with Gasteiger partial charge in [-0.25, -0.2) is 4.98 Å². The molecular formula is C20H23N3O. The Labute approximate surface area is 143 Å². The van der Waals surface area contributed by atoms with Crippen molar-refractivity contribution >= 4 is 17.3 Å². The van der Waals surface area contributed by atoms with Gasteiger partial charge in [0.2, 0.25) is 0 Å². The molecular weight excluding hydrogens is 298 g/mol. The van der Waals surface area contributed by atoms with Gasteiger partial charge in [0.05, 0.1) is 11.9 Å². The smallest absolute Gasteiger partial charge is 0.272 e. The van der Waals surface area contributed by atoms with Gasteiger partial charge >= 0.3 is 0 Å². The highest BCUT2D eigenvalue weighted by Crippen LogP contribution is 2.33. The van der Waals surface area contributed by atoms with E-state index in [4.69, 9.17) is 0 Å². The zero-order chi connectivity index (χ0) is 16.4. The van der Waals surface area contributed by atoms with E-state index in [1.807, 2.05) is 23.2 Å². The molecule has 2 aliphatic heterocycles. The Morgan fingerprint density at radius 1 is 0.917 bits per heavy atom. The number of hydrogen-bond donors (Lipinski definition) is 0. The van der Waals surface area contributed by atoms with Crippen LogP contribution in [0.4, 0.5) is 11.4 Å². The summed E-state index contributed by atoms with van der Waals surface area (Å²) in [6.07, 6.45) is 7.57. The fourth-order valence-electron chi connectivity index (χ4n) is 3.71. The lowest BCUT2D eigenvalue weighted by atomic mass is 10.2. The van der Waals surface area contributed by atoms with E-state index in [1.54, 1.807) is 0 Å². The van der Waals surface area contributed by atoms with Crippen molar-refractivity contribution in [2.24, 2.45) is 0 Å². The Hall–Kier alpha value is -2.36. The molecule has 4 nitrogen and oxygen atoms in total. The van der Waals surface area contributed by atoms with Crippen molar-refractivity contribution in [2.75, 3.05) is 24.5 Å². The molecule has 1 fully saturated rings. The van der Waals surface area contributed by atoms with E-state index in [0.717, 1.165) is 44.6 Å². The summed E-state index contributed by atoms with van der Waals surface area (Å²) in [4.78, 5) is 21.3. The lowest BCUT2D eigenvalue weighted by Crippen LogP contribution is -2.32. The minimum Gasteiger partial charge on any atom is -0.340 e. The highest BCUT2D eigenvalue weighted by Gasteiger charge is 2.22. The summed E-state index contributed by atoms with van der Waals surface area (Å²) in [7, 11) is 0. The molecule has 0 N–H and O–H groups in total. The van der Waals surface area contributed by atoms with Crippen LogP contribution in [0.1, 0.15) is 41.7 Å². The Bertz CT molecular complexity index is 718. The molecule has 2 aliphatic rings. The van der Waals surface area contributed by atoms with Crippen LogP contribution in [0.3, 0.4) is 0 Å². The number of carbonyl (C=O) groups excluding carboxylic acids is 1. The normalized spacial score (nSPS) is 17.5. The van der Waals surface area contributed by atoms with E-state index < -0.39 is 0 Å². The van der Waals surface area contributed by atoms with Crippen LogP contribution in [-0.2, 0) is 6.42 Å². The molecule has 1 aromatic heterocycles. The van der Waals surface area contributed by atoms with Crippen LogP contribution in [0, 0.1) is 0 Å². The SMILES string of the molecule is O=C(c1ccc(N2CCc3ccccc32)cn1)N1CCCCCC1. The van der Waals surface area contributed by atoms with Gasteiger partial charge in [-0.15, -0.1) is 0 Å². The number of pyridine rings is 1. The average Bonchev–Trinajstić information content (AvgIpc) is 2.87. The first-order valence-corrected chi connectivity index (χ1v) is 8.94. The Morgan fingerprint density at radius 3 is 2.46 bits per heavy atom. The van der Waals surface area contributed by atoms with Crippen molar-refractivity contribution in [3.05, 3.63) is 53.9 Å². The predicted octanol–water partition coefficient (Wildman–Crippen LogP) is 3.79. The number of para-hydroxylation sites is 1. The molecule has 0 aliphatic carbocycles. The van der Waals surface area contributed by atoms with Crippen LogP contribution in [0.25, 0.3) is 0 Å². The number of aromatic nitrogens is 1. The minimum atomic E-state index is 0.0743. The number of amides is 1. The number of nitrogens with zero attached hydrogens (tertiary/aromatic N) is 3. The van der Waals surface area contributed by atoms with Crippen LogP contribution in [-0.4, -0.2) is 35.4 Å². The standard InChI is InChI=1S/C20H23N3O/c24-20(22-12-5-1-2-6-13-22)18-10-9-17(15-21-18)23-14-11-16-7-3-4-8-19(16)23/h3-4,7-10,15H,1-2,5-6,11-14H2. The molecule has 1 amide bonds. The molecule has 0 saturated carbocycles. The van der Waals surface area contributed by atoms with Crippen molar-refractivity contribution in [3.8, 4) is 0 Å². The van der Waals surface area contributed by atoms with Gasteiger partial charge in [0.25, 0.3) is 5.91 Å². The molecule has 1 saturated heterocycles. The van der Waals surface area contributed by atoms with Gasteiger partial charge in [-0.1, -0.05) is 31.0 Å². The molecule has 24 heavy (non-hydrogen) atoms. The van der Waals surface area contributed by atoms with Gasteiger partial charge in [0.1, 0.15) is 5.69 Å². The van der Waals surface area contributed by atoms with Crippen molar-refractivity contribution in [2.45, 2.75) is 32.1 Å². The number of benzene rings is 1. The number of rotatable bonds is 2.